The number of nitrogens with one attached hydrogen (secondary N) is 1. The summed E-state index contributed by atoms with van der Waals surface area (Å²) in [4.78, 5) is 1.36. The van der Waals surface area contributed by atoms with Gasteiger partial charge < -0.3 is 0 Å². The number of hydrazine groups is 1. The van der Waals surface area contributed by atoms with Gasteiger partial charge in [0.05, 0.1) is 0 Å². The van der Waals surface area contributed by atoms with E-state index in [0.717, 1.165) is 12.8 Å². The molecule has 0 saturated carbocycles. The van der Waals surface area contributed by atoms with Gasteiger partial charge in [0.15, 0.2) is 0 Å². The van der Waals surface area contributed by atoms with Crippen LogP contribution in [0.1, 0.15) is 11.1 Å². The maximum Gasteiger partial charge on any atom is 0.307 e. The molecule has 0 unspecified atom stereocenters. The molecule has 23 heavy (non-hydrogen) atoms. The SMILES string of the molecule is NNS(=O)(=O)C(Cl)(Cl)Cl.c1ccc(CCc2ccccc2)cc1. The molecular weight excluding hydrogens is 379 g/mol. The van der Waals surface area contributed by atoms with Crippen molar-refractivity contribution in [3.8, 4) is 0 Å². The Balaban J connectivity index is 0.000000257. The lowest BCUT2D eigenvalue weighted by atomic mass is 10.0. The molecular formula is C15H17Cl3N2O2S. The standard InChI is InChI=1S/C14H14.CH3Cl3N2O2S/c1-3-7-13(8-4-1)11-12-14-9-5-2-6-10-14;2-1(3,4)9(7,8)6-5/h1-10H,11-12H2;6H,5H2. The Morgan fingerprint density at radius 3 is 1.39 bits per heavy atom. The monoisotopic (exact) mass is 394 g/mol. The molecule has 0 atom stereocenters. The topological polar surface area (TPSA) is 72.2 Å². The predicted molar refractivity (Wildman–Crippen MR) is 96.8 cm³/mol. The third kappa shape index (κ3) is 7.52. The van der Waals surface area contributed by atoms with Crippen LogP contribution < -0.4 is 10.7 Å². The molecule has 0 aliphatic carbocycles. The fourth-order valence-electron chi connectivity index (χ4n) is 1.64. The fourth-order valence-corrected chi connectivity index (χ4v) is 2.18. The minimum atomic E-state index is -4.01. The molecule has 3 N–H and O–H groups in total. The van der Waals surface area contributed by atoms with E-state index in [9.17, 15) is 8.42 Å². The summed E-state index contributed by atoms with van der Waals surface area (Å²) < 4.78 is 18.4. The number of nitrogens with two attached hydrogens (primary N) is 1. The van der Waals surface area contributed by atoms with E-state index in [1.807, 2.05) is 0 Å². The van der Waals surface area contributed by atoms with Gasteiger partial charge in [-0.3, -0.25) is 5.84 Å². The Hall–Kier alpha value is -0.820. The third-order valence-electron chi connectivity index (χ3n) is 2.85. The number of aryl methyl sites for hydroxylation is 2. The highest BCUT2D eigenvalue weighted by atomic mass is 35.6. The van der Waals surface area contributed by atoms with Crippen LogP contribution in [-0.2, 0) is 22.9 Å². The minimum absolute atomic E-state index is 1.13. The summed E-state index contributed by atoms with van der Waals surface area (Å²) in [5.41, 5.74) is 2.83. The molecule has 0 spiro atoms. The van der Waals surface area contributed by atoms with Crippen LogP contribution in [0.2, 0.25) is 0 Å². The molecule has 0 amide bonds. The molecule has 8 heteroatoms. The third-order valence-corrected chi connectivity index (χ3v) is 5.60. The van der Waals surface area contributed by atoms with E-state index >= 15 is 0 Å². The highest BCUT2D eigenvalue weighted by molar-refractivity contribution is 7.95. The van der Waals surface area contributed by atoms with Gasteiger partial charge >= 0.3 is 3.12 Å². The molecule has 0 radical (unpaired) electrons. The van der Waals surface area contributed by atoms with Crippen molar-refractivity contribution in [1.29, 1.82) is 0 Å². The Kier molecular flexibility index (Phi) is 8.33. The van der Waals surface area contributed by atoms with Gasteiger partial charge in [0.25, 0.3) is 10.0 Å². The largest absolute Gasteiger partial charge is 0.307 e. The van der Waals surface area contributed by atoms with Crippen LogP contribution in [0.5, 0.6) is 0 Å². The zero-order chi connectivity index (χ0) is 17.3. The molecule has 0 aliphatic heterocycles. The van der Waals surface area contributed by atoms with Crippen LogP contribution in [0, 0.1) is 0 Å². The lowest BCUT2D eigenvalue weighted by molar-refractivity contribution is 0.584. The highest BCUT2D eigenvalue weighted by Crippen LogP contribution is 2.30. The van der Waals surface area contributed by atoms with Crippen molar-refractivity contribution in [2.75, 3.05) is 0 Å². The minimum Gasteiger partial charge on any atom is -0.258 e. The van der Waals surface area contributed by atoms with Gasteiger partial charge in [-0.05, 0) is 24.0 Å². The molecule has 4 nitrogen and oxygen atoms in total. The van der Waals surface area contributed by atoms with Crippen molar-refractivity contribution >= 4 is 44.8 Å². The van der Waals surface area contributed by atoms with Crippen molar-refractivity contribution < 1.29 is 8.42 Å². The Labute approximate surface area is 151 Å². The first kappa shape index (κ1) is 20.2. The number of halogens is 3. The second-order valence-electron chi connectivity index (χ2n) is 4.54. The summed E-state index contributed by atoms with van der Waals surface area (Å²) in [5, 5.41) is 0. The van der Waals surface area contributed by atoms with Gasteiger partial charge in [0.1, 0.15) is 0 Å². The number of sulfonamides is 1. The van der Waals surface area contributed by atoms with Gasteiger partial charge in [-0.15, -0.1) is 0 Å². The first-order chi connectivity index (χ1) is 10.8. The molecule has 2 aromatic carbocycles. The average molecular weight is 396 g/mol. The summed E-state index contributed by atoms with van der Waals surface area (Å²) in [6, 6.07) is 21.2. The summed E-state index contributed by atoms with van der Waals surface area (Å²) >= 11 is 14.8. The zero-order valence-electron chi connectivity index (χ0n) is 12.1. The average Bonchev–Trinajstić information content (AvgIpc) is 2.54. The van der Waals surface area contributed by atoms with Gasteiger partial charge in [0.2, 0.25) is 0 Å². The van der Waals surface area contributed by atoms with Crippen molar-refractivity contribution in [3.05, 3.63) is 71.8 Å². The Morgan fingerprint density at radius 2 is 1.17 bits per heavy atom. The van der Waals surface area contributed by atoms with Gasteiger partial charge in [-0.2, -0.15) is 4.83 Å². The van der Waals surface area contributed by atoms with E-state index in [2.05, 4.69) is 66.5 Å². The highest BCUT2D eigenvalue weighted by Gasteiger charge is 2.36. The van der Waals surface area contributed by atoms with Gasteiger partial charge in [0, 0.05) is 0 Å². The second kappa shape index (κ2) is 9.47. The fraction of sp³-hybridized carbons (Fsp3) is 0.200. The van der Waals surface area contributed by atoms with Crippen LogP contribution in [0.3, 0.4) is 0 Å². The smallest absolute Gasteiger partial charge is 0.258 e. The van der Waals surface area contributed by atoms with E-state index in [1.165, 1.54) is 16.0 Å². The van der Waals surface area contributed by atoms with E-state index in [1.54, 1.807) is 0 Å². The van der Waals surface area contributed by atoms with Gasteiger partial charge in [-0.1, -0.05) is 95.5 Å². The summed E-state index contributed by atoms with van der Waals surface area (Å²) in [6.45, 7) is 0. The zero-order valence-corrected chi connectivity index (χ0v) is 15.2. The molecule has 0 aliphatic rings. The number of rotatable bonds is 4. The molecule has 0 heterocycles. The number of hydrogen-bond acceptors (Lipinski definition) is 3. The van der Waals surface area contributed by atoms with Crippen molar-refractivity contribution in [2.24, 2.45) is 5.84 Å². The van der Waals surface area contributed by atoms with E-state index < -0.39 is 13.1 Å². The molecule has 126 valence electrons. The van der Waals surface area contributed by atoms with E-state index in [0.29, 0.717) is 0 Å². The van der Waals surface area contributed by atoms with Crippen molar-refractivity contribution in [2.45, 2.75) is 16.0 Å². The van der Waals surface area contributed by atoms with E-state index in [4.69, 9.17) is 34.8 Å². The lowest BCUT2D eigenvalue weighted by Gasteiger charge is -2.08. The second-order valence-corrected chi connectivity index (χ2v) is 9.35. The number of alkyl halides is 3. The van der Waals surface area contributed by atoms with Crippen LogP contribution in [-0.4, -0.2) is 11.5 Å². The first-order valence-electron chi connectivity index (χ1n) is 6.63. The number of benzene rings is 2. The first-order valence-corrected chi connectivity index (χ1v) is 9.24. The van der Waals surface area contributed by atoms with Crippen LogP contribution in [0.4, 0.5) is 0 Å². The van der Waals surface area contributed by atoms with Crippen molar-refractivity contribution in [1.82, 2.24) is 4.83 Å². The maximum absolute atomic E-state index is 10.4. The normalized spacial score (nSPS) is 11.5. The quantitative estimate of drug-likeness (QED) is 0.472. The number of hydrogen-bond donors (Lipinski definition) is 2. The molecule has 0 bridgehead atoms. The maximum atomic E-state index is 10.4. The molecule has 0 aromatic heterocycles. The van der Waals surface area contributed by atoms with Crippen LogP contribution >= 0.6 is 34.8 Å². The molecule has 0 fully saturated rings. The van der Waals surface area contributed by atoms with E-state index in [-0.39, 0.29) is 0 Å². The van der Waals surface area contributed by atoms with Crippen molar-refractivity contribution in [3.63, 3.8) is 0 Å². The molecule has 2 aromatic rings. The summed E-state index contributed by atoms with van der Waals surface area (Å²) in [5.74, 6) is 4.50. The lowest BCUT2D eigenvalue weighted by Crippen LogP contribution is -2.38. The van der Waals surface area contributed by atoms with Crippen LogP contribution in [0.15, 0.2) is 60.7 Å². The Morgan fingerprint density at radius 1 is 0.826 bits per heavy atom. The molecule has 0 saturated heterocycles. The molecule has 2 rings (SSSR count). The summed E-state index contributed by atoms with van der Waals surface area (Å²) in [7, 11) is -4.01. The summed E-state index contributed by atoms with van der Waals surface area (Å²) in [6.07, 6.45) is 2.26. The van der Waals surface area contributed by atoms with Gasteiger partial charge in [-0.25, -0.2) is 8.42 Å². The Bertz CT molecular complexity index is 635. The predicted octanol–water partition coefficient (Wildman–Crippen LogP) is 3.58. The van der Waals surface area contributed by atoms with Crippen LogP contribution in [0.25, 0.3) is 0 Å².